The van der Waals surface area contributed by atoms with Crippen LogP contribution in [0.5, 0.6) is 0 Å². The lowest BCUT2D eigenvalue weighted by molar-refractivity contribution is 0.184. The highest BCUT2D eigenvalue weighted by molar-refractivity contribution is 5.37. The molecule has 2 rings (SSSR count). The third kappa shape index (κ3) is 4.56. The number of hydrogen-bond acceptors (Lipinski definition) is 2. The van der Waals surface area contributed by atoms with E-state index in [4.69, 9.17) is 5.73 Å². The Morgan fingerprint density at radius 1 is 1.33 bits per heavy atom. The lowest BCUT2D eigenvalue weighted by atomic mass is 10.1. The molecule has 0 radical (unpaired) electrons. The molecule has 1 heterocycles. The second-order valence-corrected chi connectivity index (χ2v) is 5.69. The summed E-state index contributed by atoms with van der Waals surface area (Å²) in [5, 5.41) is 0. The fourth-order valence-corrected chi connectivity index (χ4v) is 3.03. The lowest BCUT2D eigenvalue weighted by Crippen LogP contribution is -2.34. The van der Waals surface area contributed by atoms with Gasteiger partial charge in [-0.1, -0.05) is 37.7 Å². The smallest absolute Gasteiger partial charge is 0.128 e. The van der Waals surface area contributed by atoms with Crippen LogP contribution in [0.2, 0.25) is 0 Å². The first-order valence-corrected chi connectivity index (χ1v) is 7.96. The van der Waals surface area contributed by atoms with Gasteiger partial charge in [0.05, 0.1) is 6.54 Å². The molecule has 1 atom stereocenters. The van der Waals surface area contributed by atoms with Gasteiger partial charge in [-0.3, -0.25) is 4.90 Å². The molecule has 0 aliphatic carbocycles. The predicted molar refractivity (Wildman–Crippen MR) is 85.3 cm³/mol. The van der Waals surface area contributed by atoms with E-state index in [1.54, 1.807) is 0 Å². The highest BCUT2D eigenvalue weighted by atomic mass is 19.1. The molecule has 21 heavy (non-hydrogen) atoms. The van der Waals surface area contributed by atoms with Crippen molar-refractivity contribution in [3.8, 4) is 11.8 Å². The Labute approximate surface area is 127 Å². The largest absolute Gasteiger partial charge is 0.320 e. The van der Waals surface area contributed by atoms with Crippen molar-refractivity contribution in [1.29, 1.82) is 0 Å². The van der Waals surface area contributed by atoms with Crippen molar-refractivity contribution >= 4 is 0 Å². The van der Waals surface area contributed by atoms with Crippen LogP contribution in [0, 0.1) is 17.7 Å². The molecule has 1 aliphatic rings. The molecule has 1 fully saturated rings. The Bertz CT molecular complexity index is 516. The molecular weight excluding hydrogens is 263 g/mol. The van der Waals surface area contributed by atoms with Crippen molar-refractivity contribution < 1.29 is 4.39 Å². The monoisotopic (exact) mass is 288 g/mol. The lowest BCUT2D eigenvalue weighted by Gasteiger charge is -2.29. The average Bonchev–Trinajstić information content (AvgIpc) is 2.72. The Morgan fingerprint density at radius 2 is 2.19 bits per heavy atom. The molecule has 0 bridgehead atoms. The van der Waals surface area contributed by atoms with Gasteiger partial charge in [-0.25, -0.2) is 4.39 Å². The Balaban J connectivity index is 2.10. The molecule has 1 aromatic carbocycles. The zero-order chi connectivity index (χ0) is 15.1. The summed E-state index contributed by atoms with van der Waals surface area (Å²) in [6.45, 7) is 4.31. The van der Waals surface area contributed by atoms with E-state index in [1.807, 2.05) is 12.1 Å². The molecule has 0 aromatic heterocycles. The maximum atomic E-state index is 14.2. The van der Waals surface area contributed by atoms with Gasteiger partial charge in [-0.15, -0.1) is 0 Å². The number of hydrogen-bond donors (Lipinski definition) is 1. The third-order valence-electron chi connectivity index (χ3n) is 4.23. The standard InChI is InChI=1S/C18H25FN2/c1-2-17-8-4-3-5-12-21(17)14-16-10-9-15(7-6-11-20)13-18(16)19/h9-10,13,17H,2-5,8,11-12,14,20H2,1H3. The maximum absolute atomic E-state index is 14.2. The summed E-state index contributed by atoms with van der Waals surface area (Å²) >= 11 is 0. The van der Waals surface area contributed by atoms with Crippen molar-refractivity contribution in [3.05, 3.63) is 35.1 Å². The topological polar surface area (TPSA) is 29.3 Å². The molecule has 3 heteroatoms. The predicted octanol–water partition coefficient (Wildman–Crippen LogP) is 3.29. The first kappa shape index (κ1) is 16.0. The van der Waals surface area contributed by atoms with Crippen molar-refractivity contribution in [3.63, 3.8) is 0 Å². The van der Waals surface area contributed by atoms with Crippen molar-refractivity contribution in [2.24, 2.45) is 5.73 Å². The number of nitrogens with zero attached hydrogens (tertiary/aromatic N) is 1. The van der Waals surface area contributed by atoms with Gasteiger partial charge in [0, 0.05) is 23.7 Å². The van der Waals surface area contributed by atoms with Gasteiger partial charge in [0.25, 0.3) is 0 Å². The second kappa shape index (κ2) is 8.17. The van der Waals surface area contributed by atoms with E-state index in [9.17, 15) is 4.39 Å². The molecule has 114 valence electrons. The third-order valence-corrected chi connectivity index (χ3v) is 4.23. The molecule has 0 amide bonds. The number of likely N-dealkylation sites (tertiary alicyclic amines) is 1. The second-order valence-electron chi connectivity index (χ2n) is 5.69. The highest BCUT2D eigenvalue weighted by Crippen LogP contribution is 2.22. The number of benzene rings is 1. The van der Waals surface area contributed by atoms with Crippen LogP contribution in [-0.4, -0.2) is 24.0 Å². The van der Waals surface area contributed by atoms with Gasteiger partial charge >= 0.3 is 0 Å². The van der Waals surface area contributed by atoms with Gasteiger partial charge in [-0.2, -0.15) is 0 Å². The summed E-state index contributed by atoms with van der Waals surface area (Å²) in [5.41, 5.74) is 6.81. The highest BCUT2D eigenvalue weighted by Gasteiger charge is 2.20. The normalized spacial score (nSPS) is 19.7. The number of rotatable bonds is 3. The van der Waals surface area contributed by atoms with E-state index in [-0.39, 0.29) is 5.82 Å². The molecule has 0 spiro atoms. The van der Waals surface area contributed by atoms with Gasteiger partial charge in [0.15, 0.2) is 0 Å². The van der Waals surface area contributed by atoms with E-state index in [1.165, 1.54) is 31.7 Å². The molecule has 2 nitrogen and oxygen atoms in total. The summed E-state index contributed by atoms with van der Waals surface area (Å²) in [6.07, 6.45) is 6.19. The van der Waals surface area contributed by atoms with Crippen LogP contribution in [0.4, 0.5) is 4.39 Å². The molecule has 1 unspecified atom stereocenters. The first-order chi connectivity index (χ1) is 10.2. The van der Waals surface area contributed by atoms with Crippen molar-refractivity contribution in [1.82, 2.24) is 4.90 Å². The minimum Gasteiger partial charge on any atom is -0.320 e. The Hall–Kier alpha value is -1.37. The van der Waals surface area contributed by atoms with Crippen molar-refractivity contribution in [2.75, 3.05) is 13.1 Å². The van der Waals surface area contributed by atoms with Crippen LogP contribution in [0.3, 0.4) is 0 Å². The van der Waals surface area contributed by atoms with E-state index < -0.39 is 0 Å². The van der Waals surface area contributed by atoms with E-state index in [0.717, 1.165) is 18.5 Å². The zero-order valence-electron chi connectivity index (χ0n) is 12.9. The number of nitrogens with two attached hydrogens (primary N) is 1. The Kier molecular flexibility index (Phi) is 6.22. The quantitative estimate of drug-likeness (QED) is 0.865. The minimum atomic E-state index is -0.155. The Morgan fingerprint density at radius 3 is 2.90 bits per heavy atom. The molecule has 2 N–H and O–H groups in total. The van der Waals surface area contributed by atoms with Crippen molar-refractivity contribution in [2.45, 2.75) is 51.6 Å². The fourth-order valence-electron chi connectivity index (χ4n) is 3.03. The first-order valence-electron chi connectivity index (χ1n) is 7.96. The molecule has 1 saturated heterocycles. The zero-order valence-corrected chi connectivity index (χ0v) is 12.9. The van der Waals surface area contributed by atoms with Gasteiger partial charge < -0.3 is 5.73 Å². The maximum Gasteiger partial charge on any atom is 0.128 e. The van der Waals surface area contributed by atoms with Crippen LogP contribution in [0.25, 0.3) is 0 Å². The van der Waals surface area contributed by atoms with Crippen LogP contribution in [0.15, 0.2) is 18.2 Å². The summed E-state index contributed by atoms with van der Waals surface area (Å²) in [6, 6.07) is 5.87. The van der Waals surface area contributed by atoms with E-state index in [2.05, 4.69) is 23.7 Å². The van der Waals surface area contributed by atoms with E-state index in [0.29, 0.717) is 24.7 Å². The molecule has 1 aromatic rings. The summed E-state index contributed by atoms with van der Waals surface area (Å²) < 4.78 is 14.2. The summed E-state index contributed by atoms with van der Waals surface area (Å²) in [4.78, 5) is 2.44. The summed E-state index contributed by atoms with van der Waals surface area (Å²) in [5.74, 6) is 5.48. The molecular formula is C18H25FN2. The van der Waals surface area contributed by atoms with Crippen LogP contribution in [0.1, 0.15) is 50.2 Å². The van der Waals surface area contributed by atoms with Gasteiger partial charge in [-0.05, 0) is 37.9 Å². The average molecular weight is 288 g/mol. The minimum absolute atomic E-state index is 0.155. The van der Waals surface area contributed by atoms with Gasteiger partial charge in [0.2, 0.25) is 0 Å². The molecule has 1 aliphatic heterocycles. The van der Waals surface area contributed by atoms with Crippen LogP contribution in [-0.2, 0) is 6.54 Å². The van der Waals surface area contributed by atoms with Gasteiger partial charge in [0.1, 0.15) is 5.82 Å². The van der Waals surface area contributed by atoms with Crippen LogP contribution >= 0.6 is 0 Å². The fraction of sp³-hybridized carbons (Fsp3) is 0.556. The van der Waals surface area contributed by atoms with E-state index >= 15 is 0 Å². The SMILES string of the molecule is CCC1CCCCCN1Cc1ccc(C#CCN)cc1F. The number of halogens is 1. The summed E-state index contributed by atoms with van der Waals surface area (Å²) in [7, 11) is 0. The van der Waals surface area contributed by atoms with Crippen LogP contribution < -0.4 is 5.73 Å². The molecule has 0 saturated carbocycles.